The predicted octanol–water partition coefficient (Wildman–Crippen LogP) is -1.30. The van der Waals surface area contributed by atoms with Gasteiger partial charge >= 0.3 is 0 Å². The highest BCUT2D eigenvalue weighted by atomic mass is 15.2. The molecule has 9 heteroatoms. The second kappa shape index (κ2) is 16.7. The first kappa shape index (κ1) is 27.4. The van der Waals surface area contributed by atoms with Gasteiger partial charge < -0.3 is 42.5 Å². The molecule has 0 aliphatic carbocycles. The van der Waals surface area contributed by atoms with Gasteiger partial charge in [-0.15, -0.1) is 0 Å². The van der Waals surface area contributed by atoms with Gasteiger partial charge in [-0.25, -0.2) is 0 Å². The molecule has 0 radical (unpaired) electrons. The fourth-order valence-corrected chi connectivity index (χ4v) is 4.66. The molecule has 3 rings (SSSR count). The molecule has 3 aliphatic heterocycles. The van der Waals surface area contributed by atoms with Crippen LogP contribution in [0.25, 0.3) is 0 Å². The first-order chi connectivity index (χ1) is 15.7. The molecule has 9 nitrogen and oxygen atoms in total. The maximum absolute atomic E-state index is 8.70. The monoisotopic (exact) mass is 451 g/mol. The highest BCUT2D eigenvalue weighted by Gasteiger charge is 2.31. The third kappa shape index (κ3) is 10.9. The number of rotatable bonds is 9. The lowest BCUT2D eigenvalue weighted by atomic mass is 9.97. The molecular weight excluding hydrogens is 402 g/mol. The normalized spacial score (nSPS) is 29.1. The van der Waals surface area contributed by atoms with Crippen LogP contribution in [-0.4, -0.2) is 103 Å². The Balaban J connectivity index is 1.98. The van der Waals surface area contributed by atoms with Crippen molar-refractivity contribution in [3.63, 3.8) is 0 Å². The van der Waals surface area contributed by atoms with Crippen LogP contribution in [0.4, 0.5) is 0 Å². The molecule has 3 saturated heterocycles. The van der Waals surface area contributed by atoms with Crippen LogP contribution in [-0.2, 0) is 0 Å². The van der Waals surface area contributed by atoms with E-state index in [9.17, 15) is 0 Å². The first-order valence-electron chi connectivity index (χ1n) is 12.9. The van der Waals surface area contributed by atoms with Crippen LogP contribution in [0.1, 0.15) is 39.0 Å². The van der Waals surface area contributed by atoms with Crippen molar-refractivity contribution in [3.8, 4) is 6.07 Å². The van der Waals surface area contributed by atoms with E-state index in [0.717, 1.165) is 111 Å². The van der Waals surface area contributed by atoms with Gasteiger partial charge in [-0.3, -0.25) is 0 Å². The molecule has 0 aromatic carbocycles. The SMILES string of the molecule is CCNC12CNCCNCC(NCCCCCCC#N)(CNCCNC1)CNCCNC2. The standard InChI is InChI=1S/C23H49N9/c1-2-31-22-16-25-10-13-28-19-23(20-29-14-11-26-17-22,21-30-15-12-27-18-22)32-9-7-5-3-4-6-8-24/h25-32H,2-7,9-21H2,1H3. The number of nitrogens with zero attached hydrogens (tertiary/aromatic N) is 1. The first-order valence-corrected chi connectivity index (χ1v) is 12.9. The van der Waals surface area contributed by atoms with Crippen molar-refractivity contribution >= 4 is 0 Å². The third-order valence-corrected chi connectivity index (χ3v) is 6.48. The van der Waals surface area contributed by atoms with E-state index in [2.05, 4.69) is 55.5 Å². The van der Waals surface area contributed by atoms with Gasteiger partial charge in [0.25, 0.3) is 0 Å². The van der Waals surface area contributed by atoms with Crippen molar-refractivity contribution < 1.29 is 0 Å². The van der Waals surface area contributed by atoms with Crippen molar-refractivity contribution in [2.75, 3.05) is 91.6 Å². The van der Waals surface area contributed by atoms with Gasteiger partial charge in [-0.1, -0.05) is 19.8 Å². The fraction of sp³-hybridized carbons (Fsp3) is 0.957. The smallest absolute Gasteiger partial charge is 0.0621 e. The summed E-state index contributed by atoms with van der Waals surface area (Å²) in [4.78, 5) is 0. The van der Waals surface area contributed by atoms with E-state index in [1.54, 1.807) is 0 Å². The molecular formula is C23H49N9. The highest BCUT2D eigenvalue weighted by Crippen LogP contribution is 2.07. The summed E-state index contributed by atoms with van der Waals surface area (Å²) in [6.45, 7) is 15.6. The van der Waals surface area contributed by atoms with Crippen LogP contribution < -0.4 is 42.5 Å². The second-order valence-corrected chi connectivity index (χ2v) is 9.40. The number of unbranched alkanes of at least 4 members (excludes halogenated alkanes) is 4. The summed E-state index contributed by atoms with van der Waals surface area (Å²) in [5, 5.41) is 38.5. The molecule has 0 atom stereocenters. The van der Waals surface area contributed by atoms with E-state index in [0.29, 0.717) is 6.42 Å². The number of hydrogen-bond donors (Lipinski definition) is 8. The number of nitrogens with one attached hydrogen (secondary N) is 8. The average Bonchev–Trinajstić information content (AvgIpc) is 2.79. The van der Waals surface area contributed by atoms with Crippen molar-refractivity contribution in [1.29, 1.82) is 5.26 Å². The summed E-state index contributed by atoms with van der Waals surface area (Å²) in [7, 11) is 0. The Bertz CT molecular complexity index is 465. The fourth-order valence-electron chi connectivity index (χ4n) is 4.66. The zero-order valence-electron chi connectivity index (χ0n) is 20.4. The van der Waals surface area contributed by atoms with Crippen LogP contribution >= 0.6 is 0 Å². The van der Waals surface area contributed by atoms with Crippen LogP contribution in [0.15, 0.2) is 0 Å². The minimum Gasteiger partial charge on any atom is -0.314 e. The Morgan fingerprint density at radius 2 is 1.03 bits per heavy atom. The Morgan fingerprint density at radius 3 is 1.44 bits per heavy atom. The lowest BCUT2D eigenvalue weighted by Crippen LogP contribution is -2.67. The lowest BCUT2D eigenvalue weighted by molar-refractivity contribution is 0.256. The van der Waals surface area contributed by atoms with Gasteiger partial charge in [0.2, 0.25) is 0 Å². The van der Waals surface area contributed by atoms with Gasteiger partial charge in [0.05, 0.1) is 17.1 Å². The summed E-state index contributed by atoms with van der Waals surface area (Å²) in [6, 6.07) is 2.24. The molecule has 8 N–H and O–H groups in total. The summed E-state index contributed by atoms with van der Waals surface area (Å²) in [6.07, 6.45) is 5.19. The molecule has 32 heavy (non-hydrogen) atoms. The summed E-state index contributed by atoms with van der Waals surface area (Å²) in [5.41, 5.74) is -0.00402. The highest BCUT2D eigenvalue weighted by molar-refractivity contribution is 4.97. The number of likely N-dealkylation sites (N-methyl/N-ethyl adjacent to an activating group) is 1. The number of nitriles is 1. The van der Waals surface area contributed by atoms with E-state index in [4.69, 9.17) is 5.26 Å². The molecule has 2 bridgehead atoms. The van der Waals surface area contributed by atoms with Crippen LogP contribution in [0.5, 0.6) is 0 Å². The average molecular weight is 452 g/mol. The van der Waals surface area contributed by atoms with E-state index in [1.807, 2.05) is 0 Å². The van der Waals surface area contributed by atoms with Crippen molar-refractivity contribution in [2.24, 2.45) is 0 Å². The molecule has 0 saturated carbocycles. The van der Waals surface area contributed by atoms with Gasteiger partial charge in [-0.05, 0) is 25.9 Å². The minimum absolute atomic E-state index is 0.0154. The Hall–Kier alpha value is -0.830. The maximum atomic E-state index is 8.70. The van der Waals surface area contributed by atoms with E-state index < -0.39 is 0 Å². The summed E-state index contributed by atoms with van der Waals surface area (Å²) < 4.78 is 0. The van der Waals surface area contributed by atoms with Crippen LogP contribution in [0.2, 0.25) is 0 Å². The number of hydrogen-bond acceptors (Lipinski definition) is 9. The van der Waals surface area contributed by atoms with Gasteiger partial charge in [-0.2, -0.15) is 5.26 Å². The van der Waals surface area contributed by atoms with Crippen LogP contribution in [0.3, 0.4) is 0 Å². The largest absolute Gasteiger partial charge is 0.314 e. The van der Waals surface area contributed by atoms with Gasteiger partial charge in [0, 0.05) is 85.0 Å². The second-order valence-electron chi connectivity index (χ2n) is 9.40. The zero-order chi connectivity index (χ0) is 22.8. The molecule has 3 fully saturated rings. The predicted molar refractivity (Wildman–Crippen MR) is 133 cm³/mol. The zero-order valence-corrected chi connectivity index (χ0v) is 20.4. The van der Waals surface area contributed by atoms with Crippen molar-refractivity contribution in [1.82, 2.24) is 42.5 Å². The van der Waals surface area contributed by atoms with Gasteiger partial charge in [0.15, 0.2) is 0 Å². The number of fused-ring (bicyclic) bond motifs is 15. The van der Waals surface area contributed by atoms with E-state index in [1.165, 1.54) is 6.42 Å². The molecule has 0 amide bonds. The lowest BCUT2D eigenvalue weighted by Gasteiger charge is -2.39. The van der Waals surface area contributed by atoms with E-state index >= 15 is 0 Å². The van der Waals surface area contributed by atoms with Crippen molar-refractivity contribution in [3.05, 3.63) is 0 Å². The van der Waals surface area contributed by atoms with E-state index in [-0.39, 0.29) is 11.1 Å². The molecule has 3 heterocycles. The maximum Gasteiger partial charge on any atom is 0.0621 e. The third-order valence-electron chi connectivity index (χ3n) is 6.48. The molecule has 186 valence electrons. The molecule has 3 aliphatic rings. The topological polar surface area (TPSA) is 120 Å². The Kier molecular flexibility index (Phi) is 14.3. The van der Waals surface area contributed by atoms with Gasteiger partial charge in [0.1, 0.15) is 0 Å². The molecule has 0 unspecified atom stereocenters. The quantitative estimate of drug-likeness (QED) is 0.202. The molecule has 0 spiro atoms. The molecule has 0 aromatic rings. The van der Waals surface area contributed by atoms with Crippen molar-refractivity contribution in [2.45, 2.75) is 50.1 Å². The van der Waals surface area contributed by atoms with Crippen LogP contribution in [0, 0.1) is 11.3 Å². The Labute approximate surface area is 196 Å². The minimum atomic E-state index is -0.0194. The Morgan fingerprint density at radius 1 is 0.625 bits per heavy atom. The molecule has 0 aromatic heterocycles. The summed E-state index contributed by atoms with van der Waals surface area (Å²) in [5.74, 6) is 0. The summed E-state index contributed by atoms with van der Waals surface area (Å²) >= 11 is 0.